The molecule has 1 atom stereocenters. The quantitative estimate of drug-likeness (QED) is 0.518. The highest BCUT2D eigenvalue weighted by Crippen LogP contribution is 2.36. The number of nitrogens with one attached hydrogen (secondary N) is 1. The molecular weight excluding hydrogens is 353 g/mol. The fourth-order valence-electron chi connectivity index (χ4n) is 3.41. The molecule has 3 nitrogen and oxygen atoms in total. The summed E-state index contributed by atoms with van der Waals surface area (Å²) in [5.74, 6) is -1.06. The molecule has 0 radical (unpaired) electrons. The van der Waals surface area contributed by atoms with E-state index in [1.807, 2.05) is 60.7 Å². The van der Waals surface area contributed by atoms with Gasteiger partial charge in [0, 0.05) is 5.56 Å². The van der Waals surface area contributed by atoms with Crippen LogP contribution in [0.1, 0.15) is 27.5 Å². The van der Waals surface area contributed by atoms with Crippen LogP contribution < -0.4 is 5.32 Å². The molecule has 2 N–H and O–H groups in total. The minimum absolute atomic E-state index is 0.0387. The van der Waals surface area contributed by atoms with Gasteiger partial charge in [-0.2, -0.15) is 0 Å². The zero-order valence-corrected chi connectivity index (χ0v) is 15.0. The second-order valence-electron chi connectivity index (χ2n) is 6.52. The van der Waals surface area contributed by atoms with E-state index < -0.39 is 17.8 Å². The van der Waals surface area contributed by atoms with E-state index in [-0.39, 0.29) is 11.3 Å². The Kier molecular flexibility index (Phi) is 4.77. The molecule has 0 saturated carbocycles. The number of halogens is 1. The second-order valence-corrected chi connectivity index (χ2v) is 6.52. The number of hydrogen-bond donors (Lipinski definition) is 2. The summed E-state index contributed by atoms with van der Waals surface area (Å²) < 4.78 is 14.1. The van der Waals surface area contributed by atoms with E-state index in [4.69, 9.17) is 0 Å². The van der Waals surface area contributed by atoms with Crippen LogP contribution in [-0.2, 0) is 0 Å². The number of hydrogen-bond acceptors (Lipinski definition) is 2. The molecule has 0 saturated heterocycles. The third-order valence-corrected chi connectivity index (χ3v) is 4.76. The van der Waals surface area contributed by atoms with Gasteiger partial charge in [0.1, 0.15) is 11.6 Å². The van der Waals surface area contributed by atoms with Crippen LogP contribution in [0.25, 0.3) is 10.8 Å². The zero-order valence-electron chi connectivity index (χ0n) is 15.0. The summed E-state index contributed by atoms with van der Waals surface area (Å²) in [7, 11) is 0. The van der Waals surface area contributed by atoms with Crippen LogP contribution in [0.4, 0.5) is 4.39 Å². The lowest BCUT2D eigenvalue weighted by atomic mass is 9.92. The highest BCUT2D eigenvalue weighted by atomic mass is 19.1. The molecule has 0 spiro atoms. The minimum Gasteiger partial charge on any atom is -0.508 e. The molecule has 1 amide bonds. The highest BCUT2D eigenvalue weighted by Gasteiger charge is 2.24. The van der Waals surface area contributed by atoms with Crippen LogP contribution in [0.3, 0.4) is 0 Å². The van der Waals surface area contributed by atoms with E-state index in [1.165, 1.54) is 18.2 Å². The molecule has 4 aromatic rings. The van der Waals surface area contributed by atoms with Gasteiger partial charge < -0.3 is 10.4 Å². The van der Waals surface area contributed by atoms with Crippen LogP contribution in [0.2, 0.25) is 0 Å². The Labute approximate surface area is 162 Å². The predicted molar refractivity (Wildman–Crippen MR) is 108 cm³/mol. The first-order chi connectivity index (χ1) is 13.6. The number of fused-ring (bicyclic) bond motifs is 1. The molecule has 0 bridgehead atoms. The summed E-state index contributed by atoms with van der Waals surface area (Å²) in [5, 5.41) is 15.3. The van der Waals surface area contributed by atoms with Crippen LogP contribution in [-0.4, -0.2) is 11.0 Å². The van der Waals surface area contributed by atoms with Crippen molar-refractivity contribution in [2.45, 2.75) is 6.04 Å². The van der Waals surface area contributed by atoms with Crippen molar-refractivity contribution < 1.29 is 14.3 Å². The highest BCUT2D eigenvalue weighted by molar-refractivity contribution is 5.96. The van der Waals surface area contributed by atoms with E-state index in [9.17, 15) is 14.3 Å². The van der Waals surface area contributed by atoms with Crippen molar-refractivity contribution >= 4 is 16.7 Å². The topological polar surface area (TPSA) is 49.3 Å². The molecule has 0 aliphatic carbocycles. The van der Waals surface area contributed by atoms with E-state index in [1.54, 1.807) is 12.1 Å². The molecule has 138 valence electrons. The van der Waals surface area contributed by atoms with Gasteiger partial charge in [-0.1, -0.05) is 72.8 Å². The second kappa shape index (κ2) is 7.53. The first-order valence-electron chi connectivity index (χ1n) is 8.96. The molecule has 0 aliphatic heterocycles. The number of amides is 1. The largest absolute Gasteiger partial charge is 0.508 e. The Balaban J connectivity index is 1.86. The van der Waals surface area contributed by atoms with Crippen LogP contribution in [0.15, 0.2) is 91.0 Å². The molecule has 0 aromatic heterocycles. The Bertz CT molecular complexity index is 1140. The Morgan fingerprint density at radius 2 is 1.50 bits per heavy atom. The Morgan fingerprint density at radius 3 is 2.29 bits per heavy atom. The molecule has 0 aliphatic rings. The number of carbonyl (C=O) groups is 1. The van der Waals surface area contributed by atoms with Crippen LogP contribution in [0, 0.1) is 5.82 Å². The van der Waals surface area contributed by atoms with Gasteiger partial charge in [0.05, 0.1) is 11.6 Å². The maximum absolute atomic E-state index is 14.1. The predicted octanol–water partition coefficient (Wildman–Crippen LogP) is 5.20. The average molecular weight is 371 g/mol. The molecule has 0 heterocycles. The van der Waals surface area contributed by atoms with Gasteiger partial charge in [0.25, 0.3) is 5.91 Å². The molecular formula is C24H18FNO2. The first kappa shape index (κ1) is 17.7. The lowest BCUT2D eigenvalue weighted by Gasteiger charge is -2.23. The molecule has 4 rings (SSSR count). The summed E-state index contributed by atoms with van der Waals surface area (Å²) in [5.41, 5.74) is 1.33. The first-order valence-corrected chi connectivity index (χ1v) is 8.96. The Hall–Kier alpha value is -3.66. The average Bonchev–Trinajstić information content (AvgIpc) is 2.73. The van der Waals surface area contributed by atoms with E-state index in [2.05, 4.69) is 5.32 Å². The van der Waals surface area contributed by atoms with Crippen molar-refractivity contribution in [2.75, 3.05) is 0 Å². The number of phenolic OH excluding ortho intramolecular Hbond substituents is 1. The molecule has 28 heavy (non-hydrogen) atoms. The third kappa shape index (κ3) is 3.32. The van der Waals surface area contributed by atoms with E-state index in [0.717, 1.165) is 16.3 Å². The van der Waals surface area contributed by atoms with Crippen LogP contribution >= 0.6 is 0 Å². The lowest BCUT2D eigenvalue weighted by molar-refractivity contribution is 0.0939. The summed E-state index contributed by atoms with van der Waals surface area (Å²) in [4.78, 5) is 12.8. The number of rotatable bonds is 4. The van der Waals surface area contributed by atoms with E-state index >= 15 is 0 Å². The van der Waals surface area contributed by atoms with Crippen molar-refractivity contribution in [3.63, 3.8) is 0 Å². The van der Waals surface area contributed by atoms with Crippen molar-refractivity contribution in [2.24, 2.45) is 0 Å². The maximum Gasteiger partial charge on any atom is 0.255 e. The number of benzene rings is 4. The minimum atomic E-state index is -0.639. The summed E-state index contributed by atoms with van der Waals surface area (Å²) in [6.07, 6.45) is 0. The molecule has 4 aromatic carbocycles. The summed E-state index contributed by atoms with van der Waals surface area (Å²) in [6, 6.07) is 25.6. The fraction of sp³-hybridized carbons (Fsp3) is 0.0417. The molecule has 0 fully saturated rings. The monoisotopic (exact) mass is 371 g/mol. The van der Waals surface area contributed by atoms with Gasteiger partial charge in [-0.15, -0.1) is 0 Å². The van der Waals surface area contributed by atoms with Gasteiger partial charge >= 0.3 is 0 Å². The SMILES string of the molecule is O=C(NC(c1ccccc1)c1c(O)ccc2ccccc12)c1ccccc1F. The number of aromatic hydroxyl groups is 1. The van der Waals surface area contributed by atoms with Crippen LogP contribution in [0.5, 0.6) is 5.75 Å². The van der Waals surface area contributed by atoms with Crippen molar-refractivity contribution in [3.05, 3.63) is 114 Å². The maximum atomic E-state index is 14.1. The fourth-order valence-corrected chi connectivity index (χ4v) is 3.41. The van der Waals surface area contributed by atoms with Gasteiger partial charge in [0.2, 0.25) is 0 Å². The van der Waals surface area contributed by atoms with Gasteiger partial charge in [-0.3, -0.25) is 4.79 Å². The van der Waals surface area contributed by atoms with Crippen molar-refractivity contribution in [1.29, 1.82) is 0 Å². The standard InChI is InChI=1S/C24H18FNO2/c25-20-13-7-6-12-19(20)24(28)26-23(17-9-2-1-3-10-17)22-18-11-5-4-8-16(18)14-15-21(22)27/h1-15,23,27H,(H,26,28). The van der Waals surface area contributed by atoms with Gasteiger partial charge in [0.15, 0.2) is 0 Å². The Morgan fingerprint density at radius 1 is 0.821 bits per heavy atom. The lowest BCUT2D eigenvalue weighted by Crippen LogP contribution is -2.30. The van der Waals surface area contributed by atoms with Crippen molar-refractivity contribution in [1.82, 2.24) is 5.32 Å². The molecule has 4 heteroatoms. The zero-order chi connectivity index (χ0) is 19.5. The number of phenols is 1. The third-order valence-electron chi connectivity index (χ3n) is 4.76. The number of carbonyl (C=O) groups excluding carboxylic acids is 1. The smallest absolute Gasteiger partial charge is 0.255 e. The van der Waals surface area contributed by atoms with Crippen molar-refractivity contribution in [3.8, 4) is 5.75 Å². The normalized spacial score (nSPS) is 11.9. The summed E-state index contributed by atoms with van der Waals surface area (Å²) >= 11 is 0. The van der Waals surface area contributed by atoms with Gasteiger partial charge in [-0.05, 0) is 34.5 Å². The van der Waals surface area contributed by atoms with Gasteiger partial charge in [-0.25, -0.2) is 4.39 Å². The van der Waals surface area contributed by atoms with E-state index in [0.29, 0.717) is 5.56 Å². The summed E-state index contributed by atoms with van der Waals surface area (Å²) in [6.45, 7) is 0. The molecule has 1 unspecified atom stereocenters.